The number of ether oxygens (including phenoxy) is 1. The molecule has 0 aromatic heterocycles. The average Bonchev–Trinajstić information content (AvgIpc) is 2.55. The summed E-state index contributed by atoms with van der Waals surface area (Å²) in [5.41, 5.74) is 0. The van der Waals surface area contributed by atoms with Gasteiger partial charge in [0.05, 0.1) is 0 Å². The van der Waals surface area contributed by atoms with E-state index >= 15 is 0 Å². The molecule has 75 valence electrons. The summed E-state index contributed by atoms with van der Waals surface area (Å²) in [5.74, 6) is 0. The van der Waals surface area contributed by atoms with E-state index in [1.807, 2.05) is 0 Å². The summed E-state index contributed by atoms with van der Waals surface area (Å²) in [6, 6.07) is 0.579. The van der Waals surface area contributed by atoms with Crippen LogP contribution in [0.15, 0.2) is 0 Å². The largest absolute Gasteiger partial charge is 0.634 e. The molecule has 12 heavy (non-hydrogen) atoms. The van der Waals surface area contributed by atoms with Crippen LogP contribution in [0.25, 0.3) is 5.32 Å². The Labute approximate surface area is 89.8 Å². The monoisotopic (exact) mass is 254 g/mol. The Balaban J connectivity index is 0. The predicted molar refractivity (Wildman–Crippen MR) is 48.5 cm³/mol. The van der Waals surface area contributed by atoms with Gasteiger partial charge >= 0.3 is 0 Å². The molecule has 0 amide bonds. The van der Waals surface area contributed by atoms with Crippen LogP contribution in [0.1, 0.15) is 33.1 Å². The fourth-order valence-electron chi connectivity index (χ4n) is 1.21. The molecule has 0 bridgehead atoms. The van der Waals surface area contributed by atoms with Crippen LogP contribution in [-0.4, -0.2) is 19.4 Å². The van der Waals surface area contributed by atoms with E-state index in [1.165, 1.54) is 12.8 Å². The molecular weight excluding hydrogens is 236 g/mol. The van der Waals surface area contributed by atoms with Gasteiger partial charge in [-0.1, -0.05) is 19.8 Å². The van der Waals surface area contributed by atoms with Crippen molar-refractivity contribution in [1.82, 2.24) is 0 Å². The van der Waals surface area contributed by atoms with Gasteiger partial charge in [-0.15, -0.1) is 6.04 Å². The Bertz CT molecular complexity index is 80.6. The van der Waals surface area contributed by atoms with Crippen molar-refractivity contribution in [1.29, 1.82) is 0 Å². The second-order valence-electron chi connectivity index (χ2n) is 2.48. The normalized spacial score (nSPS) is 27.0. The molecule has 0 N–H and O–H groups in total. The molecule has 3 heteroatoms. The van der Waals surface area contributed by atoms with Crippen molar-refractivity contribution in [3.63, 3.8) is 0 Å². The molecule has 1 aliphatic heterocycles. The third kappa shape index (κ3) is 5.26. The maximum atomic E-state index is 5.08. The average molecular weight is 255 g/mol. The van der Waals surface area contributed by atoms with Gasteiger partial charge in [0.15, 0.2) is 0 Å². The van der Waals surface area contributed by atoms with E-state index in [1.54, 1.807) is 14.0 Å². The van der Waals surface area contributed by atoms with Gasteiger partial charge in [-0.3, -0.25) is 0 Å². The molecule has 0 saturated carbocycles. The van der Waals surface area contributed by atoms with E-state index in [0.29, 0.717) is 6.04 Å². The minimum atomic E-state index is 0. The second-order valence-corrected chi connectivity index (χ2v) is 2.48. The van der Waals surface area contributed by atoms with Gasteiger partial charge in [-0.2, -0.15) is 6.92 Å². The van der Waals surface area contributed by atoms with Crippen molar-refractivity contribution in [3.05, 3.63) is 12.2 Å². The van der Waals surface area contributed by atoms with Crippen LogP contribution >= 0.6 is 0 Å². The van der Waals surface area contributed by atoms with Gasteiger partial charge in [0.1, 0.15) is 0 Å². The van der Waals surface area contributed by atoms with Gasteiger partial charge < -0.3 is 17.0 Å². The summed E-state index contributed by atoms with van der Waals surface area (Å²) in [6.07, 6.45) is 3.71. The van der Waals surface area contributed by atoms with Crippen LogP contribution in [0.4, 0.5) is 0 Å². The Morgan fingerprint density at radius 2 is 2.00 bits per heavy atom. The molecule has 1 radical (unpaired) electrons. The SMILES string of the molecule is CCC1CCC(OC)[N-]1.[CH2-]C.[Tc]. The fourth-order valence-corrected chi connectivity index (χ4v) is 1.21. The summed E-state index contributed by atoms with van der Waals surface area (Å²) in [5, 5.41) is 4.40. The van der Waals surface area contributed by atoms with E-state index in [-0.39, 0.29) is 26.3 Å². The van der Waals surface area contributed by atoms with Crippen LogP contribution in [0.2, 0.25) is 0 Å². The molecule has 0 aromatic carbocycles. The summed E-state index contributed by atoms with van der Waals surface area (Å²) >= 11 is 0. The van der Waals surface area contributed by atoms with Gasteiger partial charge in [0.25, 0.3) is 0 Å². The summed E-state index contributed by atoms with van der Waals surface area (Å²) in [6.45, 7) is 7.17. The smallest absolute Gasteiger partial charge is 0.0335 e. The van der Waals surface area contributed by atoms with Crippen LogP contribution < -0.4 is 0 Å². The molecular formula is C9H19NOTc-2. The first-order chi connectivity index (χ1) is 5.36. The van der Waals surface area contributed by atoms with E-state index < -0.39 is 0 Å². The Morgan fingerprint density at radius 3 is 2.25 bits per heavy atom. The predicted octanol–water partition coefficient (Wildman–Crippen LogP) is 2.74. The summed E-state index contributed by atoms with van der Waals surface area (Å²) < 4.78 is 5.08. The van der Waals surface area contributed by atoms with Crippen LogP contribution in [0.3, 0.4) is 0 Å². The zero-order valence-electron chi connectivity index (χ0n) is 8.22. The molecule has 2 nitrogen and oxygen atoms in total. The first-order valence-corrected chi connectivity index (χ1v) is 4.30. The third-order valence-corrected chi connectivity index (χ3v) is 1.87. The Kier molecular flexibility index (Phi) is 12.1. The number of hydrogen-bond donors (Lipinski definition) is 0. The van der Waals surface area contributed by atoms with Crippen molar-refractivity contribution < 1.29 is 24.8 Å². The minimum Gasteiger partial charge on any atom is -0.634 e. The van der Waals surface area contributed by atoms with E-state index in [4.69, 9.17) is 4.74 Å². The molecule has 2 unspecified atom stereocenters. The number of nitrogens with zero attached hydrogens (tertiary/aromatic N) is 1. The first kappa shape index (κ1) is 15.1. The molecule has 1 fully saturated rings. The number of hydrogen-bond acceptors (Lipinski definition) is 1. The second kappa shape index (κ2) is 9.66. The van der Waals surface area contributed by atoms with E-state index in [9.17, 15) is 0 Å². The molecule has 1 rings (SSSR count). The van der Waals surface area contributed by atoms with Crippen molar-refractivity contribution >= 4 is 0 Å². The number of methoxy groups -OCH3 is 1. The molecule has 1 saturated heterocycles. The Morgan fingerprint density at radius 1 is 1.42 bits per heavy atom. The third-order valence-electron chi connectivity index (χ3n) is 1.87. The standard InChI is InChI=1S/C7H14NO.C2H5.Tc/c1-3-6-4-5-7(8-6)9-2;1-2;/h6-7H,3-5H2,1-2H3;1H2,2H3;/q2*-1;. The number of rotatable bonds is 2. The van der Waals surface area contributed by atoms with Crippen LogP contribution in [-0.2, 0) is 24.8 Å². The van der Waals surface area contributed by atoms with Crippen molar-refractivity contribution in [2.75, 3.05) is 7.11 Å². The molecule has 1 heterocycles. The zero-order chi connectivity index (χ0) is 8.69. The topological polar surface area (TPSA) is 23.3 Å². The van der Waals surface area contributed by atoms with Crippen LogP contribution in [0.5, 0.6) is 0 Å². The maximum absolute atomic E-state index is 5.08. The minimum absolute atomic E-state index is 0. The molecule has 2 atom stereocenters. The molecule has 0 spiro atoms. The van der Waals surface area contributed by atoms with Crippen molar-refractivity contribution in [2.45, 2.75) is 45.4 Å². The quantitative estimate of drug-likeness (QED) is 0.696. The van der Waals surface area contributed by atoms with Gasteiger partial charge in [0.2, 0.25) is 0 Å². The van der Waals surface area contributed by atoms with Crippen molar-refractivity contribution in [2.24, 2.45) is 0 Å². The first-order valence-electron chi connectivity index (χ1n) is 4.30. The van der Waals surface area contributed by atoms with Gasteiger partial charge in [-0.25, -0.2) is 0 Å². The van der Waals surface area contributed by atoms with Gasteiger partial charge in [0, 0.05) is 27.2 Å². The summed E-state index contributed by atoms with van der Waals surface area (Å²) in [4.78, 5) is 0. The van der Waals surface area contributed by atoms with Crippen molar-refractivity contribution in [3.8, 4) is 0 Å². The molecule has 1 aliphatic rings. The van der Waals surface area contributed by atoms with Crippen LogP contribution in [0, 0.1) is 6.92 Å². The molecule has 0 aliphatic carbocycles. The Hall–Kier alpha value is 0.569. The zero-order valence-corrected chi connectivity index (χ0v) is 10.1. The van der Waals surface area contributed by atoms with E-state index in [2.05, 4.69) is 19.2 Å². The fraction of sp³-hybridized carbons (Fsp3) is 0.889. The summed E-state index contributed by atoms with van der Waals surface area (Å²) in [7, 11) is 1.73. The molecule has 0 aromatic rings. The van der Waals surface area contributed by atoms with E-state index in [0.717, 1.165) is 6.42 Å². The maximum Gasteiger partial charge on any atom is 0.0335 e. The van der Waals surface area contributed by atoms with Gasteiger partial charge in [-0.05, 0) is 12.6 Å².